The second kappa shape index (κ2) is 8.80. The Balaban J connectivity index is 0. The summed E-state index contributed by atoms with van der Waals surface area (Å²) in [5.41, 5.74) is -2.02. The average Bonchev–Trinajstić information content (AvgIpc) is 2.20. The van der Waals surface area contributed by atoms with Crippen LogP contribution in [0, 0.1) is 0 Å². The number of hydrogen-bond acceptors (Lipinski definition) is 5. The molecule has 0 saturated carbocycles. The number of rotatable bonds is 8. The molecule has 0 rings (SSSR count). The Labute approximate surface area is 131 Å². The van der Waals surface area contributed by atoms with E-state index in [1.807, 2.05) is 0 Å². The van der Waals surface area contributed by atoms with Crippen molar-refractivity contribution in [2.45, 2.75) is 59.4 Å². The van der Waals surface area contributed by atoms with Crippen molar-refractivity contribution in [3.05, 3.63) is 0 Å². The van der Waals surface area contributed by atoms with Gasteiger partial charge in [-0.1, -0.05) is 0 Å². The smallest absolute Gasteiger partial charge is 0.244 e. The molecule has 19 heavy (non-hydrogen) atoms. The molecule has 5 nitrogen and oxygen atoms in total. The van der Waals surface area contributed by atoms with Gasteiger partial charge in [0.25, 0.3) is 0 Å². The van der Waals surface area contributed by atoms with E-state index in [1.54, 1.807) is 27.7 Å². The predicted molar refractivity (Wildman–Crippen MR) is 72.2 cm³/mol. The number of carbonyl (C=O) groups excluding carboxylic acids is 3. The third kappa shape index (κ3) is 5.70. The van der Waals surface area contributed by atoms with Crippen molar-refractivity contribution in [3.8, 4) is 0 Å². The van der Waals surface area contributed by atoms with E-state index >= 15 is 0 Å². The van der Waals surface area contributed by atoms with Gasteiger partial charge in [0.1, 0.15) is 6.61 Å². The predicted octanol–water partition coefficient (Wildman–Crippen LogP) is 0.941. The molecule has 0 bridgehead atoms. The summed E-state index contributed by atoms with van der Waals surface area (Å²) < 4.78 is 10.5. The van der Waals surface area contributed by atoms with Crippen LogP contribution in [-0.2, 0) is 23.9 Å². The molecule has 0 amide bonds. The third-order valence-electron chi connectivity index (χ3n) is 2.34. The molecule has 0 N–H and O–H groups in total. The summed E-state index contributed by atoms with van der Waals surface area (Å²) >= 11 is 0. The van der Waals surface area contributed by atoms with Crippen LogP contribution >= 0.6 is 0 Å². The first-order valence-corrected chi connectivity index (χ1v) is 5.99. The van der Waals surface area contributed by atoms with Gasteiger partial charge in [-0.15, -0.1) is 0 Å². The molecule has 0 aromatic rings. The molecule has 0 aliphatic carbocycles. The van der Waals surface area contributed by atoms with Crippen molar-refractivity contribution in [1.82, 2.24) is 0 Å². The summed E-state index contributed by atoms with van der Waals surface area (Å²) in [6.07, 6.45) is -0.578. The van der Waals surface area contributed by atoms with Gasteiger partial charge >= 0.3 is 0 Å². The van der Waals surface area contributed by atoms with Crippen LogP contribution in [0.3, 0.4) is 0 Å². The molecule has 0 aliphatic rings. The summed E-state index contributed by atoms with van der Waals surface area (Å²) in [7, 11) is 0. The van der Waals surface area contributed by atoms with E-state index in [9.17, 15) is 14.4 Å². The monoisotopic (exact) mass is 388 g/mol. The molecule has 0 aromatic heterocycles. The first kappa shape index (κ1) is 21.0. The van der Waals surface area contributed by atoms with Crippen LogP contribution in [0.15, 0.2) is 0 Å². The molecule has 0 fully saturated rings. The van der Waals surface area contributed by atoms with Gasteiger partial charge in [-0.25, -0.2) is 0 Å². The third-order valence-corrected chi connectivity index (χ3v) is 2.34. The molecule has 0 heterocycles. The van der Waals surface area contributed by atoms with E-state index in [4.69, 9.17) is 9.47 Å². The van der Waals surface area contributed by atoms with Crippen LogP contribution in [0.25, 0.3) is 0 Å². The summed E-state index contributed by atoms with van der Waals surface area (Å²) in [5, 5.41) is 0. The first-order chi connectivity index (χ1) is 8.14. The number of carbonyl (C=O) groups is 3. The van der Waals surface area contributed by atoms with Crippen LogP contribution in [0.5, 0.6) is 0 Å². The molecule has 0 unspecified atom stereocenters. The minimum Gasteiger partial charge on any atom is -0.371 e. The molecule has 0 aromatic carbocycles. The van der Waals surface area contributed by atoms with E-state index in [2.05, 4.69) is 0 Å². The van der Waals surface area contributed by atoms with Gasteiger partial charge in [-0.2, -0.15) is 0 Å². The fourth-order valence-corrected chi connectivity index (χ4v) is 1.57. The van der Waals surface area contributed by atoms with E-state index in [0.717, 1.165) is 0 Å². The average molecular weight is 386 g/mol. The zero-order valence-electron chi connectivity index (χ0n) is 12.3. The Bertz CT molecular complexity index is 322. The van der Waals surface area contributed by atoms with Crippen molar-refractivity contribution < 1.29 is 23.9 Å². The SMILES string of the molecule is CC(=O)C(OC(C)C)(C(C)=O)C(=O)COC(C)C.[Te]. The largest absolute Gasteiger partial charge is 0.371 e. The van der Waals surface area contributed by atoms with Gasteiger partial charge in [-0.3, -0.25) is 14.4 Å². The van der Waals surface area contributed by atoms with Crippen LogP contribution in [0.2, 0.25) is 0 Å². The Morgan fingerprint density at radius 2 is 1.37 bits per heavy atom. The maximum absolute atomic E-state index is 12.1. The quantitative estimate of drug-likeness (QED) is 0.459. The zero-order valence-corrected chi connectivity index (χ0v) is 14.6. The molecule has 110 valence electrons. The number of hydrogen-bond donors (Lipinski definition) is 0. The normalized spacial score (nSPS) is 11.4. The second-order valence-electron chi connectivity index (χ2n) is 4.74. The molecular weight excluding hydrogens is 364 g/mol. The molecule has 6 heteroatoms. The Morgan fingerprint density at radius 3 is 1.63 bits per heavy atom. The molecule has 0 spiro atoms. The maximum atomic E-state index is 12.1. The number of Topliss-reactive ketones (excluding diaryl/α,β-unsaturated/α-hetero) is 3. The standard InChI is InChI=1S/C13H22O5.Te/c1-8(2)17-7-12(16)13(10(5)14,11(6)15)18-9(3)4;/h8-9H,7H2,1-6H3;. The van der Waals surface area contributed by atoms with Gasteiger partial charge in [0.05, 0.1) is 12.2 Å². The maximum Gasteiger partial charge on any atom is 0.244 e. The fourth-order valence-electron chi connectivity index (χ4n) is 1.57. The minimum absolute atomic E-state index is 0. The second-order valence-corrected chi connectivity index (χ2v) is 4.74. The van der Waals surface area contributed by atoms with Crippen LogP contribution in [-0.4, -0.2) is 65.4 Å². The van der Waals surface area contributed by atoms with Gasteiger partial charge in [0.2, 0.25) is 11.4 Å². The first-order valence-electron chi connectivity index (χ1n) is 5.99. The number of ketones is 3. The van der Waals surface area contributed by atoms with Crippen LogP contribution < -0.4 is 0 Å². The summed E-state index contributed by atoms with van der Waals surface area (Å²) in [6.45, 7) is 8.89. The van der Waals surface area contributed by atoms with Crippen molar-refractivity contribution in [3.63, 3.8) is 0 Å². The molecule has 0 atom stereocenters. The topological polar surface area (TPSA) is 69.7 Å². The van der Waals surface area contributed by atoms with E-state index < -0.39 is 29.1 Å². The van der Waals surface area contributed by atoms with Gasteiger partial charge in [-0.05, 0) is 41.5 Å². The van der Waals surface area contributed by atoms with Gasteiger partial charge < -0.3 is 9.47 Å². The minimum atomic E-state index is -2.02. The van der Waals surface area contributed by atoms with Gasteiger partial charge in [0, 0.05) is 23.7 Å². The molecule has 0 saturated heterocycles. The Morgan fingerprint density at radius 1 is 0.947 bits per heavy atom. The zero-order chi connectivity index (χ0) is 14.5. The summed E-state index contributed by atoms with van der Waals surface area (Å²) in [5.74, 6) is -1.87. The van der Waals surface area contributed by atoms with Crippen LogP contribution in [0.1, 0.15) is 41.5 Å². The van der Waals surface area contributed by atoms with Crippen molar-refractivity contribution in [2.24, 2.45) is 0 Å². The van der Waals surface area contributed by atoms with Crippen LogP contribution in [0.4, 0.5) is 0 Å². The Hall–Kier alpha value is -0.280. The summed E-state index contributed by atoms with van der Waals surface area (Å²) in [6, 6.07) is 0. The van der Waals surface area contributed by atoms with Gasteiger partial charge in [0.15, 0.2) is 11.6 Å². The van der Waals surface area contributed by atoms with Crippen molar-refractivity contribution in [1.29, 1.82) is 0 Å². The molecular formula is C13H22O5Te. The van der Waals surface area contributed by atoms with E-state index in [-0.39, 0.29) is 36.4 Å². The van der Waals surface area contributed by atoms with E-state index in [0.29, 0.717) is 0 Å². The molecule has 2 radical (unpaired) electrons. The van der Waals surface area contributed by atoms with E-state index in [1.165, 1.54) is 13.8 Å². The van der Waals surface area contributed by atoms with Crippen molar-refractivity contribution in [2.75, 3.05) is 6.61 Å². The van der Waals surface area contributed by atoms with Crippen molar-refractivity contribution >= 4 is 41.0 Å². The number of ether oxygens (including phenoxy) is 2. The summed E-state index contributed by atoms with van der Waals surface area (Å²) in [4.78, 5) is 35.5. The Kier molecular flexibility index (Phi) is 9.74. The fraction of sp³-hybridized carbons (Fsp3) is 0.769. The molecule has 0 aliphatic heterocycles.